The van der Waals surface area contributed by atoms with Crippen molar-refractivity contribution in [2.45, 2.75) is 154 Å². The highest BCUT2D eigenvalue weighted by Crippen LogP contribution is 2.12. The summed E-state index contributed by atoms with van der Waals surface area (Å²) in [5.74, 6) is -1.83. The molecule has 2 unspecified atom stereocenters. The van der Waals surface area contributed by atoms with Crippen LogP contribution in [0.3, 0.4) is 0 Å². The van der Waals surface area contributed by atoms with Gasteiger partial charge in [-0.15, -0.1) is 0 Å². The summed E-state index contributed by atoms with van der Waals surface area (Å²) in [4.78, 5) is 36.9. The average Bonchev–Trinajstić information content (AvgIpc) is 3.22. The van der Waals surface area contributed by atoms with Crippen LogP contribution in [0.4, 0.5) is 0 Å². The van der Waals surface area contributed by atoms with Crippen LogP contribution in [0.2, 0.25) is 0 Å². The third-order valence-electron chi connectivity index (χ3n) is 9.47. The number of ether oxygens (including phenoxy) is 3. The molecule has 0 aliphatic heterocycles. The molecule has 0 radical (unpaired) electrons. The van der Waals surface area contributed by atoms with Gasteiger partial charge in [0.2, 0.25) is 0 Å². The molecule has 2 atom stereocenters. The van der Waals surface area contributed by atoms with E-state index < -0.39 is 18.1 Å². The SMILES string of the molecule is CC/C=C/C=C/C=C/C=C/C=C/CCCCCC(=O)OC(COCCC(C(=O)[O-])[N+](C)(C)C)COC(=O)CCCCCCCC/C=C/C/C=C/C/C=C/C/C=C/C/C=C/CC. The molecule has 0 spiro atoms. The maximum absolute atomic E-state index is 12.7. The van der Waals surface area contributed by atoms with Crippen LogP contribution in [0.15, 0.2) is 122 Å². The van der Waals surface area contributed by atoms with Gasteiger partial charge >= 0.3 is 11.9 Å². The Morgan fingerprint density at radius 3 is 1.49 bits per heavy atom. The number of hydrogen-bond acceptors (Lipinski definition) is 7. The van der Waals surface area contributed by atoms with Crippen LogP contribution in [0.1, 0.15) is 142 Å². The number of esters is 2. The number of carboxylic acids is 1. The molecule has 0 bridgehead atoms. The largest absolute Gasteiger partial charge is 0.544 e. The maximum Gasteiger partial charge on any atom is 0.306 e. The normalized spacial score (nSPS) is 14.0. The number of nitrogens with zero attached hydrogens (tertiary/aromatic N) is 1. The molecule has 8 nitrogen and oxygen atoms in total. The van der Waals surface area contributed by atoms with Gasteiger partial charge in [-0.25, -0.2) is 0 Å². The first-order valence-corrected chi connectivity index (χ1v) is 23.1. The van der Waals surface area contributed by atoms with Gasteiger partial charge in [-0.2, -0.15) is 0 Å². The van der Waals surface area contributed by atoms with E-state index in [1.54, 1.807) is 21.1 Å². The monoisotopic (exact) mass is 846 g/mol. The summed E-state index contributed by atoms with van der Waals surface area (Å²) < 4.78 is 17.1. The van der Waals surface area contributed by atoms with Crippen LogP contribution in [-0.2, 0) is 28.6 Å². The van der Waals surface area contributed by atoms with E-state index in [2.05, 4.69) is 86.8 Å². The van der Waals surface area contributed by atoms with E-state index in [9.17, 15) is 19.5 Å². The van der Waals surface area contributed by atoms with Crippen LogP contribution in [0.25, 0.3) is 0 Å². The Bertz CT molecular complexity index is 1400. The summed E-state index contributed by atoms with van der Waals surface area (Å²) in [5, 5.41) is 11.6. The molecule has 0 aliphatic rings. The Balaban J connectivity index is 4.41. The molecule has 0 saturated heterocycles. The van der Waals surface area contributed by atoms with Gasteiger partial charge < -0.3 is 28.6 Å². The van der Waals surface area contributed by atoms with Crippen LogP contribution in [-0.4, -0.2) is 75.5 Å². The lowest BCUT2D eigenvalue weighted by Crippen LogP contribution is -2.55. The minimum absolute atomic E-state index is 0.00917. The number of carbonyl (C=O) groups is 3. The Morgan fingerprint density at radius 2 is 0.951 bits per heavy atom. The van der Waals surface area contributed by atoms with E-state index in [-0.39, 0.29) is 49.1 Å². The van der Waals surface area contributed by atoms with Crippen LogP contribution < -0.4 is 5.11 Å². The molecule has 342 valence electrons. The minimum Gasteiger partial charge on any atom is -0.544 e. The van der Waals surface area contributed by atoms with E-state index in [0.717, 1.165) is 89.9 Å². The summed E-state index contributed by atoms with van der Waals surface area (Å²) in [6.45, 7) is 4.31. The fraction of sp³-hybridized carbons (Fsp3) is 0.566. The number of unbranched alkanes of at least 4 members (excludes halogenated alkanes) is 9. The molecule has 0 aromatic rings. The lowest BCUT2D eigenvalue weighted by molar-refractivity contribution is -0.889. The second kappa shape index (κ2) is 42.4. The first-order valence-electron chi connectivity index (χ1n) is 23.1. The minimum atomic E-state index is -1.14. The van der Waals surface area contributed by atoms with Crippen molar-refractivity contribution in [3.63, 3.8) is 0 Å². The lowest BCUT2D eigenvalue weighted by Gasteiger charge is -2.34. The molecule has 8 heteroatoms. The zero-order chi connectivity index (χ0) is 44.9. The topological polar surface area (TPSA) is 102 Å². The van der Waals surface area contributed by atoms with Crippen molar-refractivity contribution < 1.29 is 38.2 Å². The number of carbonyl (C=O) groups excluding carboxylic acids is 3. The predicted molar refractivity (Wildman–Crippen MR) is 254 cm³/mol. The molecule has 0 rings (SSSR count). The van der Waals surface area contributed by atoms with Crippen molar-refractivity contribution in [2.75, 3.05) is 41.0 Å². The number of quaternary nitrogens is 1. The second-order valence-electron chi connectivity index (χ2n) is 16.0. The first-order chi connectivity index (χ1) is 29.6. The summed E-state index contributed by atoms with van der Waals surface area (Å²) in [6, 6.07) is -0.745. The molecule has 0 N–H and O–H groups in total. The fourth-order valence-electron chi connectivity index (χ4n) is 5.94. The van der Waals surface area contributed by atoms with E-state index in [0.29, 0.717) is 12.8 Å². The summed E-state index contributed by atoms with van der Waals surface area (Å²) >= 11 is 0. The first kappa shape index (κ1) is 56.7. The van der Waals surface area contributed by atoms with Gasteiger partial charge in [-0.3, -0.25) is 9.59 Å². The van der Waals surface area contributed by atoms with E-state index in [4.69, 9.17) is 14.2 Å². The molecule has 0 aromatic heterocycles. The Morgan fingerprint density at radius 1 is 0.508 bits per heavy atom. The smallest absolute Gasteiger partial charge is 0.306 e. The average molecular weight is 846 g/mol. The van der Waals surface area contributed by atoms with Crippen molar-refractivity contribution in [1.82, 2.24) is 0 Å². The molecule has 0 aromatic carbocycles. The zero-order valence-electron chi connectivity index (χ0n) is 38.8. The summed E-state index contributed by atoms with van der Waals surface area (Å²) in [5.41, 5.74) is 0. The van der Waals surface area contributed by atoms with Gasteiger partial charge in [0.1, 0.15) is 12.6 Å². The molecule has 0 heterocycles. The van der Waals surface area contributed by atoms with Gasteiger partial charge in [0.25, 0.3) is 0 Å². The van der Waals surface area contributed by atoms with E-state index in [1.807, 2.05) is 48.6 Å². The van der Waals surface area contributed by atoms with Crippen LogP contribution in [0.5, 0.6) is 0 Å². The van der Waals surface area contributed by atoms with Crippen molar-refractivity contribution >= 4 is 17.9 Å². The third kappa shape index (κ3) is 40.9. The fourth-order valence-corrected chi connectivity index (χ4v) is 5.94. The second-order valence-corrected chi connectivity index (χ2v) is 16.0. The van der Waals surface area contributed by atoms with Crippen molar-refractivity contribution in [1.29, 1.82) is 0 Å². The molecule has 0 aliphatic carbocycles. The molecular formula is C53H83NO7. The molecule has 0 amide bonds. The lowest BCUT2D eigenvalue weighted by atomic mass is 10.1. The van der Waals surface area contributed by atoms with Crippen molar-refractivity contribution in [3.05, 3.63) is 122 Å². The number of aliphatic carboxylic acids is 1. The number of likely N-dealkylation sites (N-methyl/N-ethyl adjacent to an activating group) is 1. The van der Waals surface area contributed by atoms with Crippen molar-refractivity contribution in [2.24, 2.45) is 0 Å². The Hall–Kier alpha value is -4.27. The maximum atomic E-state index is 12.7. The highest BCUT2D eigenvalue weighted by molar-refractivity contribution is 5.70. The molecule has 61 heavy (non-hydrogen) atoms. The van der Waals surface area contributed by atoms with Gasteiger partial charge in [-0.05, 0) is 77.0 Å². The van der Waals surface area contributed by atoms with E-state index in [1.165, 1.54) is 12.8 Å². The molecule has 0 saturated carbocycles. The highest BCUT2D eigenvalue weighted by atomic mass is 16.6. The van der Waals surface area contributed by atoms with Gasteiger partial charge in [-0.1, -0.05) is 167 Å². The quantitative estimate of drug-likeness (QED) is 0.0200. The summed E-state index contributed by atoms with van der Waals surface area (Å²) in [7, 11) is 5.37. The number of carboxylic acid groups (broad SMARTS) is 1. The van der Waals surface area contributed by atoms with E-state index >= 15 is 0 Å². The number of rotatable bonds is 39. The van der Waals surface area contributed by atoms with Gasteiger partial charge in [0, 0.05) is 19.3 Å². The summed E-state index contributed by atoms with van der Waals surface area (Å²) in [6.07, 6.45) is 59.4. The predicted octanol–water partition coefficient (Wildman–Crippen LogP) is 11.7. The Labute approximate surface area is 371 Å². The third-order valence-corrected chi connectivity index (χ3v) is 9.47. The number of hydrogen-bond donors (Lipinski definition) is 0. The van der Waals surface area contributed by atoms with Crippen LogP contribution in [0, 0.1) is 0 Å². The standard InChI is InChI=1S/C53H83NO7/c1-6-8-10-12-14-16-18-20-22-23-24-25-26-27-28-30-31-33-35-37-39-41-43-51(55)60-48-49(47-59-46-45-50(53(57)58)54(3,4)5)61-52(56)44-42-40-38-36-34-32-29-21-19-17-15-13-11-9-7-2/h8-11,13-17,19-22,24-25,27-29,32,34,49-50H,6-7,12,18,23,26,30-31,33,35-48H2,1-5H3/b10-8+,11-9+,15-13+,16-14+,19-17+,22-20+,25-24+,28-27+,29-21+,34-32+. The molecular weight excluding hydrogens is 763 g/mol. The molecule has 0 fully saturated rings. The van der Waals surface area contributed by atoms with Crippen molar-refractivity contribution in [3.8, 4) is 0 Å². The van der Waals surface area contributed by atoms with Gasteiger partial charge in [0.15, 0.2) is 6.10 Å². The Kier molecular flexibility index (Phi) is 39.5. The van der Waals surface area contributed by atoms with Crippen LogP contribution >= 0.6 is 0 Å². The van der Waals surface area contributed by atoms with Gasteiger partial charge in [0.05, 0.1) is 40.3 Å². The number of allylic oxidation sites excluding steroid dienone is 20. The highest BCUT2D eigenvalue weighted by Gasteiger charge is 2.25. The zero-order valence-corrected chi connectivity index (χ0v) is 38.8.